The minimum Gasteiger partial charge on any atom is -0.477 e. The topological polar surface area (TPSA) is 121 Å². The first kappa shape index (κ1) is 24.3. The molecule has 0 bridgehead atoms. The lowest BCUT2D eigenvalue weighted by Gasteiger charge is -2.15. The number of carbonyl (C=O) groups is 1. The molecule has 1 atom stereocenters. The number of aromatic carboxylic acids is 1. The standard InChI is InChI=1S/C29H29N5O4/c35-23-11-13-33(16-23)12-10-18-4-7-21(8-5-18)31-29-30-15-24-26(36)25(28(37)38)17-34(27(24)32-29)22-9-6-19-2-1-3-20(19)14-22/h4-9,14-15,17,23,35H,1-3,10-13,16H2,(H,37,38)(H,30,31,32)/t23-/m0/s1. The fourth-order valence-corrected chi connectivity index (χ4v) is 5.41. The van der Waals surface area contributed by atoms with Crippen LogP contribution in [0.2, 0.25) is 0 Å². The highest BCUT2D eigenvalue weighted by molar-refractivity contribution is 5.92. The number of benzene rings is 2. The van der Waals surface area contributed by atoms with E-state index in [2.05, 4.69) is 44.5 Å². The maximum atomic E-state index is 12.9. The van der Waals surface area contributed by atoms with Gasteiger partial charge in [0.05, 0.1) is 11.5 Å². The Kier molecular flexibility index (Phi) is 6.39. The molecule has 0 unspecified atom stereocenters. The zero-order valence-corrected chi connectivity index (χ0v) is 20.9. The summed E-state index contributed by atoms with van der Waals surface area (Å²) in [5.41, 5.74) is 4.72. The van der Waals surface area contributed by atoms with E-state index in [1.807, 2.05) is 18.2 Å². The highest BCUT2D eigenvalue weighted by atomic mass is 16.4. The molecule has 194 valence electrons. The lowest BCUT2D eigenvalue weighted by atomic mass is 10.1. The number of pyridine rings is 1. The van der Waals surface area contributed by atoms with Crippen molar-refractivity contribution in [1.82, 2.24) is 19.4 Å². The number of carboxylic acids is 1. The SMILES string of the molecule is O=C(O)c1cn(-c2ccc3c(c2)CCC3)c2nc(Nc3ccc(CCN4CC[C@H](O)C4)cc3)ncc2c1=O. The van der Waals surface area contributed by atoms with Gasteiger partial charge >= 0.3 is 5.97 Å². The van der Waals surface area contributed by atoms with Crippen molar-refractivity contribution in [3.8, 4) is 5.69 Å². The molecule has 38 heavy (non-hydrogen) atoms. The van der Waals surface area contributed by atoms with E-state index < -0.39 is 11.4 Å². The van der Waals surface area contributed by atoms with Crippen LogP contribution in [0.15, 0.2) is 59.7 Å². The zero-order chi connectivity index (χ0) is 26.2. The Morgan fingerprint density at radius 2 is 1.92 bits per heavy atom. The summed E-state index contributed by atoms with van der Waals surface area (Å²) in [6, 6.07) is 14.1. The van der Waals surface area contributed by atoms with E-state index in [0.717, 1.165) is 63.1 Å². The summed E-state index contributed by atoms with van der Waals surface area (Å²) in [7, 11) is 0. The number of carboxylic acid groups (broad SMARTS) is 1. The Balaban J connectivity index is 1.29. The van der Waals surface area contributed by atoms with Crippen LogP contribution >= 0.6 is 0 Å². The third kappa shape index (κ3) is 4.78. The molecule has 0 spiro atoms. The number of aliphatic hydroxyl groups excluding tert-OH is 1. The number of anilines is 2. The quantitative estimate of drug-likeness (QED) is 0.346. The predicted octanol–water partition coefficient (Wildman–Crippen LogP) is 3.32. The Bertz CT molecular complexity index is 1580. The summed E-state index contributed by atoms with van der Waals surface area (Å²) in [5, 5.41) is 22.7. The molecule has 0 saturated carbocycles. The molecule has 3 N–H and O–H groups in total. The molecule has 2 aliphatic rings. The fourth-order valence-electron chi connectivity index (χ4n) is 5.41. The largest absolute Gasteiger partial charge is 0.477 e. The number of aliphatic hydroxyl groups is 1. The van der Waals surface area contributed by atoms with Crippen molar-refractivity contribution in [3.05, 3.63) is 87.3 Å². The summed E-state index contributed by atoms with van der Waals surface area (Å²) in [5.74, 6) is -0.969. The molecule has 0 radical (unpaired) electrons. The van der Waals surface area contributed by atoms with Crippen LogP contribution in [-0.4, -0.2) is 61.4 Å². The fraction of sp³-hybridized carbons (Fsp3) is 0.310. The maximum absolute atomic E-state index is 12.9. The summed E-state index contributed by atoms with van der Waals surface area (Å²) < 4.78 is 1.67. The first-order valence-electron chi connectivity index (χ1n) is 13.0. The van der Waals surface area contributed by atoms with Crippen molar-refractivity contribution < 1.29 is 15.0 Å². The van der Waals surface area contributed by atoms with Crippen LogP contribution in [-0.2, 0) is 19.3 Å². The second-order valence-electron chi connectivity index (χ2n) is 10.1. The Labute approximate surface area is 219 Å². The number of likely N-dealkylation sites (tertiary alicyclic amines) is 1. The van der Waals surface area contributed by atoms with E-state index in [1.54, 1.807) is 4.57 Å². The Morgan fingerprint density at radius 3 is 2.68 bits per heavy atom. The minimum atomic E-state index is -1.28. The lowest BCUT2D eigenvalue weighted by molar-refractivity contribution is 0.0695. The number of hydrogen-bond acceptors (Lipinski definition) is 7. The highest BCUT2D eigenvalue weighted by Gasteiger charge is 2.20. The molecule has 6 rings (SSSR count). The second-order valence-corrected chi connectivity index (χ2v) is 10.1. The van der Waals surface area contributed by atoms with Crippen LogP contribution in [0.25, 0.3) is 16.7 Å². The van der Waals surface area contributed by atoms with Gasteiger partial charge in [-0.25, -0.2) is 9.78 Å². The van der Waals surface area contributed by atoms with Crippen LogP contribution in [0.5, 0.6) is 0 Å². The molecular formula is C29H29N5O4. The summed E-state index contributed by atoms with van der Waals surface area (Å²) in [6.07, 6.45) is 7.39. The Hall–Kier alpha value is -4.08. The van der Waals surface area contributed by atoms with Crippen molar-refractivity contribution in [2.24, 2.45) is 0 Å². The van der Waals surface area contributed by atoms with E-state index in [1.165, 1.54) is 29.1 Å². The molecule has 9 nitrogen and oxygen atoms in total. The van der Waals surface area contributed by atoms with E-state index >= 15 is 0 Å². The number of hydrogen-bond donors (Lipinski definition) is 3. The summed E-state index contributed by atoms with van der Waals surface area (Å²) in [6.45, 7) is 2.59. The van der Waals surface area contributed by atoms with Crippen LogP contribution in [0.4, 0.5) is 11.6 Å². The van der Waals surface area contributed by atoms with Gasteiger partial charge in [-0.1, -0.05) is 18.2 Å². The molecule has 2 aromatic heterocycles. The van der Waals surface area contributed by atoms with Crippen molar-refractivity contribution >= 4 is 28.6 Å². The molecule has 4 aromatic rings. The molecule has 2 aromatic carbocycles. The van der Waals surface area contributed by atoms with Gasteiger partial charge in [0, 0.05) is 43.4 Å². The number of β-amino-alcohol motifs (C(OH)–C–C–N with tert-alkyl or cyclic N) is 1. The van der Waals surface area contributed by atoms with Crippen molar-refractivity contribution in [2.45, 2.75) is 38.2 Å². The van der Waals surface area contributed by atoms with Gasteiger partial charge in [-0.15, -0.1) is 0 Å². The molecule has 9 heteroatoms. The lowest BCUT2D eigenvalue weighted by Crippen LogP contribution is -2.24. The van der Waals surface area contributed by atoms with Gasteiger partial charge < -0.3 is 25.0 Å². The van der Waals surface area contributed by atoms with Crippen molar-refractivity contribution in [3.63, 3.8) is 0 Å². The molecule has 1 saturated heterocycles. The Morgan fingerprint density at radius 1 is 1.11 bits per heavy atom. The van der Waals surface area contributed by atoms with E-state index in [-0.39, 0.29) is 17.1 Å². The smallest absolute Gasteiger partial charge is 0.341 e. The van der Waals surface area contributed by atoms with Crippen LogP contribution in [0, 0.1) is 0 Å². The van der Waals surface area contributed by atoms with Gasteiger partial charge in [0.1, 0.15) is 5.56 Å². The first-order chi connectivity index (χ1) is 18.4. The van der Waals surface area contributed by atoms with Crippen molar-refractivity contribution in [2.75, 3.05) is 25.0 Å². The molecular weight excluding hydrogens is 482 g/mol. The van der Waals surface area contributed by atoms with E-state index in [4.69, 9.17) is 0 Å². The van der Waals surface area contributed by atoms with Crippen LogP contribution in [0.1, 0.15) is 39.9 Å². The maximum Gasteiger partial charge on any atom is 0.341 e. The molecule has 1 aliphatic carbocycles. The summed E-state index contributed by atoms with van der Waals surface area (Å²) >= 11 is 0. The van der Waals surface area contributed by atoms with Crippen LogP contribution in [0.3, 0.4) is 0 Å². The van der Waals surface area contributed by atoms with Gasteiger partial charge in [0.2, 0.25) is 11.4 Å². The van der Waals surface area contributed by atoms with Gasteiger partial charge in [0.15, 0.2) is 5.65 Å². The summed E-state index contributed by atoms with van der Waals surface area (Å²) in [4.78, 5) is 36.0. The first-order valence-corrected chi connectivity index (χ1v) is 13.0. The number of aryl methyl sites for hydroxylation is 2. The number of fused-ring (bicyclic) bond motifs is 2. The number of aromatic nitrogens is 3. The normalized spacial score (nSPS) is 17.1. The number of rotatable bonds is 7. The average molecular weight is 512 g/mol. The van der Waals surface area contributed by atoms with E-state index in [0.29, 0.717) is 11.6 Å². The average Bonchev–Trinajstić information content (AvgIpc) is 3.56. The van der Waals surface area contributed by atoms with E-state index in [9.17, 15) is 19.8 Å². The minimum absolute atomic E-state index is 0.151. The van der Waals surface area contributed by atoms with Crippen molar-refractivity contribution in [1.29, 1.82) is 0 Å². The molecule has 0 amide bonds. The number of nitrogens with one attached hydrogen (secondary N) is 1. The van der Waals surface area contributed by atoms with Gasteiger partial charge in [0.25, 0.3) is 0 Å². The second kappa shape index (κ2) is 10.00. The monoisotopic (exact) mass is 511 g/mol. The highest BCUT2D eigenvalue weighted by Crippen LogP contribution is 2.26. The predicted molar refractivity (Wildman–Crippen MR) is 145 cm³/mol. The molecule has 1 aliphatic heterocycles. The van der Waals surface area contributed by atoms with Gasteiger partial charge in [-0.3, -0.25) is 4.79 Å². The molecule has 1 fully saturated rings. The number of nitrogens with zero attached hydrogens (tertiary/aromatic N) is 4. The van der Waals surface area contributed by atoms with Crippen LogP contribution < -0.4 is 10.7 Å². The third-order valence-electron chi connectivity index (χ3n) is 7.51. The van der Waals surface area contributed by atoms with Gasteiger partial charge in [-0.2, -0.15) is 4.98 Å². The third-order valence-corrected chi connectivity index (χ3v) is 7.51. The molecule has 3 heterocycles. The van der Waals surface area contributed by atoms with Gasteiger partial charge in [-0.05, 0) is 73.1 Å². The zero-order valence-electron chi connectivity index (χ0n) is 20.9.